The molecule has 2 N–H and O–H groups in total. The number of aromatic nitrogens is 1. The highest BCUT2D eigenvalue weighted by molar-refractivity contribution is 5.93. The van der Waals surface area contributed by atoms with Gasteiger partial charge in [-0.3, -0.25) is 9.59 Å². The number of rotatable bonds is 4. The van der Waals surface area contributed by atoms with E-state index in [0.717, 1.165) is 0 Å². The summed E-state index contributed by atoms with van der Waals surface area (Å²) in [5.74, 6) is -1.02. The second-order valence-corrected chi connectivity index (χ2v) is 4.27. The molecule has 0 aliphatic carbocycles. The molecule has 1 fully saturated rings. The van der Waals surface area contributed by atoms with Gasteiger partial charge < -0.3 is 20.0 Å². The number of aromatic amines is 1. The Kier molecular flexibility index (Phi) is 3.45. The molecule has 8 heteroatoms. The molecule has 19 heavy (non-hydrogen) atoms. The second kappa shape index (κ2) is 4.90. The van der Waals surface area contributed by atoms with Crippen LogP contribution >= 0.6 is 0 Å². The maximum atomic E-state index is 11.5. The first-order valence-electron chi connectivity index (χ1n) is 5.61. The molecule has 0 bridgehead atoms. The first kappa shape index (κ1) is 13.4. The minimum Gasteiger partial charge on any atom is -0.393 e. The summed E-state index contributed by atoms with van der Waals surface area (Å²) in [7, 11) is 0. The van der Waals surface area contributed by atoms with Gasteiger partial charge in [0.2, 0.25) is 0 Å². The lowest BCUT2D eigenvalue weighted by atomic mass is 10.1. The van der Waals surface area contributed by atoms with Crippen molar-refractivity contribution in [3.05, 3.63) is 27.4 Å². The lowest BCUT2D eigenvalue weighted by Gasteiger charge is -2.08. The van der Waals surface area contributed by atoms with Gasteiger partial charge in [-0.15, -0.1) is 0 Å². The molecular formula is C11H12N2O6. The lowest BCUT2D eigenvalue weighted by molar-refractivity contribution is -0.390. The summed E-state index contributed by atoms with van der Waals surface area (Å²) in [4.78, 5) is 35.4. The first-order chi connectivity index (χ1) is 8.93. The zero-order valence-corrected chi connectivity index (χ0v) is 10.1. The first-order valence-corrected chi connectivity index (χ1v) is 5.61. The number of nitrogens with one attached hydrogen (secondary N) is 1. The van der Waals surface area contributed by atoms with Crippen LogP contribution in [0.2, 0.25) is 0 Å². The van der Waals surface area contributed by atoms with Crippen molar-refractivity contribution in [1.29, 1.82) is 0 Å². The number of hydrogen-bond donors (Lipinski definition) is 2. The fourth-order valence-corrected chi connectivity index (χ4v) is 2.01. The molecule has 8 nitrogen and oxygen atoms in total. The van der Waals surface area contributed by atoms with Crippen LogP contribution in [0.4, 0.5) is 5.82 Å². The number of nitrogens with zero attached hydrogens (tertiary/aromatic N) is 1. The molecule has 0 saturated carbocycles. The number of carbonyl (C=O) groups is 2. The van der Waals surface area contributed by atoms with E-state index in [2.05, 4.69) is 4.98 Å². The van der Waals surface area contributed by atoms with E-state index in [4.69, 9.17) is 9.84 Å². The van der Waals surface area contributed by atoms with Crippen molar-refractivity contribution in [2.24, 2.45) is 0 Å². The monoisotopic (exact) mass is 268 g/mol. The van der Waals surface area contributed by atoms with Crippen molar-refractivity contribution in [3.63, 3.8) is 0 Å². The number of ether oxygens (including phenoxy) is 1. The summed E-state index contributed by atoms with van der Waals surface area (Å²) in [6.45, 7) is 0.809. The number of nitro groups is 1. The highest BCUT2D eigenvalue weighted by Gasteiger charge is 2.38. The van der Waals surface area contributed by atoms with Gasteiger partial charge in [-0.05, 0) is 4.92 Å². The summed E-state index contributed by atoms with van der Waals surface area (Å²) in [5.41, 5.74) is 0.240. The summed E-state index contributed by atoms with van der Waals surface area (Å²) in [6.07, 6.45) is -1.82. The summed E-state index contributed by atoms with van der Waals surface area (Å²) >= 11 is 0. The Hall–Kier alpha value is -2.06. The summed E-state index contributed by atoms with van der Waals surface area (Å²) in [6, 6.07) is 1.32. The number of hydrogen-bond acceptors (Lipinski definition) is 6. The van der Waals surface area contributed by atoms with Gasteiger partial charge in [0, 0.05) is 19.4 Å². The molecule has 2 rings (SSSR count). The van der Waals surface area contributed by atoms with Gasteiger partial charge in [-0.2, -0.15) is 0 Å². The average molecular weight is 268 g/mol. The highest BCUT2D eigenvalue weighted by Crippen LogP contribution is 2.36. The highest BCUT2D eigenvalue weighted by atomic mass is 16.6. The number of carbonyl (C=O) groups excluding carboxylic acids is 2. The normalized spacial score (nSPS) is 22.7. The predicted molar refractivity (Wildman–Crippen MR) is 61.8 cm³/mol. The molecule has 0 aromatic carbocycles. The molecule has 2 atom stereocenters. The molecule has 0 spiro atoms. The van der Waals surface area contributed by atoms with Gasteiger partial charge in [-0.1, -0.05) is 0 Å². The van der Waals surface area contributed by atoms with Crippen LogP contribution in [-0.4, -0.2) is 39.3 Å². The predicted octanol–water partition coefficient (Wildman–Crippen LogP) is 0.517. The molecular weight excluding hydrogens is 256 g/mol. The molecule has 2 heterocycles. The number of H-pyrrole nitrogens is 1. The van der Waals surface area contributed by atoms with Crippen molar-refractivity contribution < 1.29 is 24.4 Å². The zero-order valence-electron chi connectivity index (χ0n) is 10.1. The van der Waals surface area contributed by atoms with Crippen molar-refractivity contribution >= 4 is 17.4 Å². The topological polar surface area (TPSA) is 123 Å². The van der Waals surface area contributed by atoms with Crippen LogP contribution in [0.15, 0.2) is 6.07 Å². The quantitative estimate of drug-likeness (QED) is 0.466. The van der Waals surface area contributed by atoms with E-state index in [1.165, 1.54) is 13.0 Å². The largest absolute Gasteiger partial charge is 0.393 e. The Labute approximate surface area is 107 Å². The van der Waals surface area contributed by atoms with E-state index in [0.29, 0.717) is 0 Å². The van der Waals surface area contributed by atoms with Crippen molar-refractivity contribution in [2.45, 2.75) is 25.6 Å². The SMILES string of the molecule is CC(=O)c1cc(C2CC(=O)C(CO)O2)c([N+](=O)[O-])[nH]1. The number of ketones is 2. The van der Waals surface area contributed by atoms with Crippen LogP contribution in [-0.2, 0) is 9.53 Å². The molecule has 1 aliphatic heterocycles. The molecule has 102 valence electrons. The Morgan fingerprint density at radius 2 is 2.37 bits per heavy atom. The minimum atomic E-state index is -0.958. The van der Waals surface area contributed by atoms with Crippen LogP contribution < -0.4 is 0 Å². The van der Waals surface area contributed by atoms with Gasteiger partial charge in [-0.25, -0.2) is 4.98 Å². The van der Waals surface area contributed by atoms with Gasteiger partial charge in [0.25, 0.3) is 0 Å². The van der Waals surface area contributed by atoms with E-state index in [-0.39, 0.29) is 35.1 Å². The van der Waals surface area contributed by atoms with Crippen molar-refractivity contribution in [2.75, 3.05) is 6.61 Å². The third kappa shape index (κ3) is 2.40. The maximum Gasteiger partial charge on any atom is 0.327 e. The average Bonchev–Trinajstić information content (AvgIpc) is 2.91. The standard InChI is InChI=1S/C11H12N2O6/c1-5(15)7-2-6(11(12-7)13(17)18)9-3-8(16)10(4-14)19-9/h2,9-10,12,14H,3-4H2,1H3. The van der Waals surface area contributed by atoms with Crippen LogP contribution in [0.3, 0.4) is 0 Å². The molecule has 1 aromatic rings. The molecule has 0 amide bonds. The second-order valence-electron chi connectivity index (χ2n) is 4.27. The van der Waals surface area contributed by atoms with Gasteiger partial charge >= 0.3 is 5.82 Å². The summed E-state index contributed by atoms with van der Waals surface area (Å²) in [5, 5.41) is 19.9. The van der Waals surface area contributed by atoms with Crippen LogP contribution in [0.1, 0.15) is 35.5 Å². The Balaban J connectivity index is 2.36. The Bertz CT molecular complexity index is 549. The molecule has 0 radical (unpaired) electrons. The van der Waals surface area contributed by atoms with Gasteiger partial charge in [0.05, 0.1) is 18.3 Å². The number of Topliss-reactive ketones (excluding diaryl/α,β-unsaturated/α-hetero) is 2. The van der Waals surface area contributed by atoms with Crippen molar-refractivity contribution in [3.8, 4) is 0 Å². The molecule has 1 saturated heterocycles. The van der Waals surface area contributed by atoms with Crippen LogP contribution in [0.25, 0.3) is 0 Å². The Morgan fingerprint density at radius 1 is 1.68 bits per heavy atom. The third-order valence-electron chi connectivity index (χ3n) is 2.98. The summed E-state index contributed by atoms with van der Waals surface area (Å²) < 4.78 is 5.26. The molecule has 1 aliphatic rings. The van der Waals surface area contributed by atoms with Crippen LogP contribution in [0.5, 0.6) is 0 Å². The van der Waals surface area contributed by atoms with E-state index < -0.39 is 23.7 Å². The van der Waals surface area contributed by atoms with E-state index in [1.54, 1.807) is 0 Å². The number of aliphatic hydroxyl groups is 1. The van der Waals surface area contributed by atoms with E-state index in [9.17, 15) is 19.7 Å². The maximum absolute atomic E-state index is 11.5. The third-order valence-corrected chi connectivity index (χ3v) is 2.98. The zero-order chi connectivity index (χ0) is 14.2. The smallest absolute Gasteiger partial charge is 0.327 e. The minimum absolute atomic E-state index is 0.0543. The molecule has 1 aromatic heterocycles. The lowest BCUT2D eigenvalue weighted by Crippen LogP contribution is -2.19. The van der Waals surface area contributed by atoms with Gasteiger partial charge in [0.15, 0.2) is 17.3 Å². The molecule has 2 unspecified atom stereocenters. The van der Waals surface area contributed by atoms with Gasteiger partial charge in [0.1, 0.15) is 6.10 Å². The fraction of sp³-hybridized carbons (Fsp3) is 0.455. The fourth-order valence-electron chi connectivity index (χ4n) is 2.01. The van der Waals surface area contributed by atoms with E-state index in [1.807, 2.05) is 0 Å². The van der Waals surface area contributed by atoms with E-state index >= 15 is 0 Å². The number of aliphatic hydroxyl groups excluding tert-OH is 1. The van der Waals surface area contributed by atoms with Crippen LogP contribution in [0, 0.1) is 10.1 Å². The Morgan fingerprint density at radius 3 is 2.84 bits per heavy atom. The van der Waals surface area contributed by atoms with Crippen molar-refractivity contribution in [1.82, 2.24) is 4.98 Å².